The van der Waals surface area contributed by atoms with Crippen molar-refractivity contribution in [1.82, 2.24) is 0 Å². The maximum Gasteiger partial charge on any atom is 0.156 e. The molecule has 3 heteroatoms. The smallest absolute Gasteiger partial charge is 0.156 e. The van der Waals surface area contributed by atoms with Gasteiger partial charge in [0.25, 0.3) is 0 Å². The summed E-state index contributed by atoms with van der Waals surface area (Å²) >= 11 is 0. The van der Waals surface area contributed by atoms with Crippen LogP contribution in [0.15, 0.2) is 34.1 Å². The molecule has 3 nitrogen and oxygen atoms in total. The van der Waals surface area contributed by atoms with Gasteiger partial charge in [-0.3, -0.25) is 9.59 Å². The fourth-order valence-corrected chi connectivity index (χ4v) is 7.39. The van der Waals surface area contributed by atoms with E-state index in [1.807, 2.05) is 0 Å². The third kappa shape index (κ3) is 2.46. The Morgan fingerprint density at radius 3 is 2.56 bits per heavy atom. The number of Topliss-reactive ketones (excluding diaryl/α,β-unsaturated/α-hetero) is 1. The highest BCUT2D eigenvalue weighted by atomic mass is 16.5. The second-order valence-electron chi connectivity index (χ2n) is 9.74. The van der Waals surface area contributed by atoms with Crippen LogP contribution in [0.4, 0.5) is 0 Å². The quantitative estimate of drug-likeness (QED) is 0.645. The zero-order chi connectivity index (χ0) is 19.6. The Hall–Kier alpha value is -1.64. The molecule has 0 unspecified atom stereocenters. The van der Waals surface area contributed by atoms with Gasteiger partial charge in [-0.05, 0) is 97.3 Å². The average Bonchev–Trinajstić information content (AvgIpc) is 2.90. The molecule has 0 aromatic heterocycles. The minimum atomic E-state index is -0.0128. The molecule has 4 aliphatic rings. The van der Waals surface area contributed by atoms with E-state index < -0.39 is 0 Å². The summed E-state index contributed by atoms with van der Waals surface area (Å²) in [5, 5.41) is 0. The van der Waals surface area contributed by atoms with Gasteiger partial charge >= 0.3 is 0 Å². The summed E-state index contributed by atoms with van der Waals surface area (Å²) in [5.74, 6) is 2.80. The van der Waals surface area contributed by atoms with E-state index in [1.54, 1.807) is 14.0 Å². The number of hydrogen-bond acceptors (Lipinski definition) is 3. The van der Waals surface area contributed by atoms with Crippen LogP contribution in [0.3, 0.4) is 0 Å². The molecule has 0 aromatic carbocycles. The van der Waals surface area contributed by atoms with Crippen molar-refractivity contribution >= 4 is 12.1 Å². The third-order valence-electron chi connectivity index (χ3n) is 8.54. The molecule has 146 valence electrons. The van der Waals surface area contributed by atoms with Crippen molar-refractivity contribution in [3.05, 3.63) is 34.1 Å². The third-order valence-corrected chi connectivity index (χ3v) is 8.54. The van der Waals surface area contributed by atoms with E-state index in [4.69, 9.17) is 4.74 Å². The summed E-state index contributed by atoms with van der Waals surface area (Å²) in [7, 11) is 1.73. The Kier molecular flexibility index (Phi) is 4.29. The van der Waals surface area contributed by atoms with Crippen molar-refractivity contribution in [3.63, 3.8) is 0 Å². The summed E-state index contributed by atoms with van der Waals surface area (Å²) in [5.41, 5.74) is 4.60. The van der Waals surface area contributed by atoms with Crippen LogP contribution in [0, 0.1) is 28.6 Å². The van der Waals surface area contributed by atoms with E-state index in [1.165, 1.54) is 11.1 Å². The minimum Gasteiger partial charge on any atom is -0.501 e. The Balaban J connectivity index is 1.79. The molecule has 5 atom stereocenters. The second kappa shape index (κ2) is 6.18. The highest BCUT2D eigenvalue weighted by molar-refractivity contribution is 5.96. The number of ketones is 1. The Morgan fingerprint density at radius 2 is 1.93 bits per heavy atom. The minimum absolute atomic E-state index is 0.0128. The van der Waals surface area contributed by atoms with Crippen molar-refractivity contribution in [2.75, 3.05) is 7.11 Å². The maximum absolute atomic E-state index is 12.4. The monoisotopic (exact) mass is 368 g/mol. The second-order valence-corrected chi connectivity index (χ2v) is 9.74. The molecule has 0 amide bonds. The van der Waals surface area contributed by atoms with Gasteiger partial charge in [0.2, 0.25) is 0 Å². The summed E-state index contributed by atoms with van der Waals surface area (Å²) in [4.78, 5) is 24.5. The van der Waals surface area contributed by atoms with Crippen LogP contribution in [0.2, 0.25) is 0 Å². The van der Waals surface area contributed by atoms with Gasteiger partial charge in [0.15, 0.2) is 5.78 Å². The molecular formula is C24H32O3. The van der Waals surface area contributed by atoms with Gasteiger partial charge in [-0.1, -0.05) is 19.4 Å². The van der Waals surface area contributed by atoms with Crippen LogP contribution >= 0.6 is 0 Å². The first kappa shape index (κ1) is 18.7. The van der Waals surface area contributed by atoms with E-state index in [0.717, 1.165) is 61.7 Å². The van der Waals surface area contributed by atoms with Gasteiger partial charge in [-0.2, -0.15) is 0 Å². The average molecular weight is 369 g/mol. The molecule has 0 aliphatic heterocycles. The van der Waals surface area contributed by atoms with Crippen LogP contribution < -0.4 is 0 Å². The van der Waals surface area contributed by atoms with Gasteiger partial charge < -0.3 is 4.74 Å². The van der Waals surface area contributed by atoms with Crippen LogP contribution in [-0.2, 0) is 14.3 Å². The molecule has 4 aliphatic carbocycles. The Labute approximate surface area is 162 Å². The fraction of sp³-hybridized carbons (Fsp3) is 0.667. The molecule has 4 rings (SSSR count). The van der Waals surface area contributed by atoms with Crippen molar-refractivity contribution in [3.8, 4) is 0 Å². The molecule has 0 spiro atoms. The summed E-state index contributed by atoms with van der Waals surface area (Å²) in [6, 6.07) is 0. The van der Waals surface area contributed by atoms with Crippen LogP contribution in [-0.4, -0.2) is 19.2 Å². The molecule has 0 N–H and O–H groups in total. The first-order chi connectivity index (χ1) is 12.8. The number of fused-ring (bicyclic) bond motifs is 5. The molecule has 27 heavy (non-hydrogen) atoms. The molecule has 0 radical (unpaired) electrons. The summed E-state index contributed by atoms with van der Waals surface area (Å²) in [6.45, 7) is 8.56. The topological polar surface area (TPSA) is 43.4 Å². The summed E-state index contributed by atoms with van der Waals surface area (Å²) in [6.07, 6.45) is 9.34. The lowest BCUT2D eigenvalue weighted by atomic mass is 9.47. The van der Waals surface area contributed by atoms with Gasteiger partial charge in [-0.25, -0.2) is 0 Å². The molecule has 0 aromatic rings. The van der Waals surface area contributed by atoms with E-state index >= 15 is 0 Å². The van der Waals surface area contributed by atoms with Gasteiger partial charge in [0.05, 0.1) is 12.9 Å². The lowest BCUT2D eigenvalue weighted by Gasteiger charge is -2.57. The van der Waals surface area contributed by atoms with E-state index in [0.29, 0.717) is 17.8 Å². The first-order valence-corrected chi connectivity index (χ1v) is 10.4. The fourth-order valence-electron chi connectivity index (χ4n) is 7.39. The van der Waals surface area contributed by atoms with Crippen LogP contribution in [0.1, 0.15) is 66.2 Å². The number of carbonyl (C=O) groups is 2. The van der Waals surface area contributed by atoms with Gasteiger partial charge in [-0.15, -0.1) is 0 Å². The number of rotatable bonds is 3. The number of aldehydes is 1. The van der Waals surface area contributed by atoms with Crippen LogP contribution in [0.25, 0.3) is 0 Å². The van der Waals surface area contributed by atoms with Crippen molar-refractivity contribution < 1.29 is 14.3 Å². The molecule has 1 saturated carbocycles. The molecule has 0 saturated heterocycles. The normalized spacial score (nSPS) is 40.8. The largest absolute Gasteiger partial charge is 0.501 e. The molecule has 1 fully saturated rings. The van der Waals surface area contributed by atoms with Crippen molar-refractivity contribution in [2.24, 2.45) is 28.6 Å². The Morgan fingerprint density at radius 1 is 1.19 bits per heavy atom. The van der Waals surface area contributed by atoms with Crippen LogP contribution in [0.5, 0.6) is 0 Å². The number of ether oxygens (including phenoxy) is 1. The molecular weight excluding hydrogens is 336 g/mol. The lowest BCUT2D eigenvalue weighted by molar-refractivity contribution is -0.116. The first-order valence-electron chi connectivity index (χ1n) is 10.4. The number of methoxy groups -OCH3 is 1. The number of hydrogen-bond donors (Lipinski definition) is 0. The SMILES string of the molecule is COC1=CC2=C(C=O)C[C@@H]3[C@H](CC[C@]4(C)C(C(C)=O)=C(C)C[C@@H]34)[C@@]2(C)CC1. The number of carbonyl (C=O) groups excluding carboxylic acids is 2. The highest BCUT2D eigenvalue weighted by Gasteiger charge is 2.58. The van der Waals surface area contributed by atoms with E-state index in [-0.39, 0.29) is 16.6 Å². The molecule has 0 heterocycles. The van der Waals surface area contributed by atoms with E-state index in [9.17, 15) is 9.59 Å². The standard InChI is InChI=1S/C24H32O3/c1-14-10-21-18-11-16(13-25)20-12-17(27-5)6-8-23(20,3)19(18)7-9-24(21,4)22(14)15(2)26/h12-13,18-19,21H,6-11H2,1-5H3/t18-,19+,21+,23-,24+/m1/s1. The highest BCUT2D eigenvalue weighted by Crippen LogP contribution is 2.66. The summed E-state index contributed by atoms with van der Waals surface area (Å²) < 4.78 is 5.52. The van der Waals surface area contributed by atoms with E-state index in [2.05, 4.69) is 26.8 Å². The molecule has 0 bridgehead atoms. The zero-order valence-electron chi connectivity index (χ0n) is 17.4. The number of allylic oxidation sites excluding steroid dienone is 6. The maximum atomic E-state index is 12.4. The lowest BCUT2D eigenvalue weighted by Crippen LogP contribution is -2.50. The predicted octanol–water partition coefficient (Wildman–Crippen LogP) is 5.17. The predicted molar refractivity (Wildman–Crippen MR) is 106 cm³/mol. The Bertz CT molecular complexity index is 798. The van der Waals surface area contributed by atoms with Crippen molar-refractivity contribution in [1.29, 1.82) is 0 Å². The van der Waals surface area contributed by atoms with Gasteiger partial charge in [0, 0.05) is 6.42 Å². The zero-order valence-corrected chi connectivity index (χ0v) is 17.4. The van der Waals surface area contributed by atoms with Crippen molar-refractivity contribution in [2.45, 2.75) is 66.2 Å². The van der Waals surface area contributed by atoms with Gasteiger partial charge in [0.1, 0.15) is 6.29 Å².